The Morgan fingerprint density at radius 1 is 1.22 bits per heavy atom. The van der Waals surface area contributed by atoms with E-state index < -0.39 is 0 Å². The first kappa shape index (κ1) is 18.0. The minimum Gasteiger partial charge on any atom is -0.334 e. The number of hydrogen-bond acceptors (Lipinski definition) is 4. The predicted molar refractivity (Wildman–Crippen MR) is 107 cm³/mol. The van der Waals surface area contributed by atoms with Gasteiger partial charge >= 0.3 is 0 Å². The maximum atomic E-state index is 13.2. The molecule has 142 valence electrons. The van der Waals surface area contributed by atoms with Gasteiger partial charge in [0.05, 0.1) is 0 Å². The fraction of sp³-hybridized carbons (Fsp3) is 0.500. The first-order valence-corrected chi connectivity index (χ1v) is 10.1. The Hall–Kier alpha value is -2.43. The molecule has 2 aliphatic rings. The first-order valence-electron chi connectivity index (χ1n) is 10.1. The number of fused-ring (bicyclic) bond motifs is 1. The highest BCUT2D eigenvalue weighted by atomic mass is 16.2. The van der Waals surface area contributed by atoms with Crippen LogP contribution in [0.5, 0.6) is 0 Å². The van der Waals surface area contributed by atoms with Gasteiger partial charge in [0, 0.05) is 30.0 Å². The number of amides is 1. The molecule has 27 heavy (non-hydrogen) atoms. The van der Waals surface area contributed by atoms with Crippen LogP contribution in [-0.4, -0.2) is 39.4 Å². The van der Waals surface area contributed by atoms with E-state index in [1.165, 1.54) is 12.0 Å². The average Bonchev–Trinajstić information content (AvgIpc) is 3.02. The highest BCUT2D eigenvalue weighted by Gasteiger charge is 2.31. The van der Waals surface area contributed by atoms with E-state index in [1.54, 1.807) is 0 Å². The van der Waals surface area contributed by atoms with E-state index >= 15 is 0 Å². The van der Waals surface area contributed by atoms with Crippen LogP contribution in [0.4, 0.5) is 11.6 Å². The van der Waals surface area contributed by atoms with Gasteiger partial charge in [-0.2, -0.15) is 0 Å². The maximum absolute atomic E-state index is 13.2. The van der Waals surface area contributed by atoms with Crippen molar-refractivity contribution in [3.63, 3.8) is 0 Å². The minimum absolute atomic E-state index is 0.0495. The van der Waals surface area contributed by atoms with E-state index in [0.29, 0.717) is 17.7 Å². The van der Waals surface area contributed by atoms with Gasteiger partial charge in [-0.05, 0) is 63.6 Å². The molecule has 0 N–H and O–H groups in total. The Labute approximate surface area is 161 Å². The van der Waals surface area contributed by atoms with Gasteiger partial charge in [-0.15, -0.1) is 0 Å². The van der Waals surface area contributed by atoms with Crippen molar-refractivity contribution in [3.05, 3.63) is 47.3 Å². The summed E-state index contributed by atoms with van der Waals surface area (Å²) in [6, 6.07) is 10.8. The van der Waals surface area contributed by atoms with Crippen molar-refractivity contribution < 1.29 is 4.79 Å². The quantitative estimate of drug-likeness (QED) is 0.816. The summed E-state index contributed by atoms with van der Waals surface area (Å²) in [6.45, 7) is 7.13. The molecule has 3 heterocycles. The van der Waals surface area contributed by atoms with Crippen LogP contribution in [0.15, 0.2) is 30.3 Å². The van der Waals surface area contributed by atoms with Gasteiger partial charge < -0.3 is 9.80 Å². The van der Waals surface area contributed by atoms with Gasteiger partial charge in [-0.1, -0.05) is 25.1 Å². The van der Waals surface area contributed by atoms with Crippen LogP contribution in [-0.2, 0) is 6.42 Å². The highest BCUT2D eigenvalue weighted by Crippen LogP contribution is 2.36. The van der Waals surface area contributed by atoms with Crippen LogP contribution in [0.2, 0.25) is 0 Å². The van der Waals surface area contributed by atoms with Crippen molar-refractivity contribution in [2.24, 2.45) is 0 Å². The number of nitrogens with zero attached hydrogens (tertiary/aromatic N) is 4. The summed E-state index contributed by atoms with van der Waals surface area (Å²) < 4.78 is 0. The van der Waals surface area contributed by atoms with E-state index in [9.17, 15) is 4.79 Å². The van der Waals surface area contributed by atoms with Crippen molar-refractivity contribution in [2.75, 3.05) is 11.4 Å². The van der Waals surface area contributed by atoms with Gasteiger partial charge in [0.1, 0.15) is 5.69 Å². The highest BCUT2D eigenvalue weighted by molar-refractivity contribution is 5.93. The molecule has 2 aromatic rings. The fourth-order valence-electron chi connectivity index (χ4n) is 4.48. The number of anilines is 2. The Bertz CT molecular complexity index is 850. The van der Waals surface area contributed by atoms with Gasteiger partial charge in [0.2, 0.25) is 5.95 Å². The lowest BCUT2D eigenvalue weighted by atomic mass is 9.99. The van der Waals surface area contributed by atoms with Crippen molar-refractivity contribution >= 4 is 17.5 Å². The topological polar surface area (TPSA) is 49.3 Å². The maximum Gasteiger partial charge on any atom is 0.272 e. The Morgan fingerprint density at radius 2 is 2.04 bits per heavy atom. The molecule has 0 radical (unpaired) electrons. The molecule has 5 heteroatoms. The van der Waals surface area contributed by atoms with Crippen molar-refractivity contribution in [1.29, 1.82) is 0 Å². The lowest BCUT2D eigenvalue weighted by Gasteiger charge is -2.35. The summed E-state index contributed by atoms with van der Waals surface area (Å²) in [4.78, 5) is 26.8. The van der Waals surface area contributed by atoms with Crippen LogP contribution in [0.25, 0.3) is 0 Å². The number of hydrogen-bond donors (Lipinski definition) is 0. The van der Waals surface area contributed by atoms with Gasteiger partial charge in [-0.25, -0.2) is 9.97 Å². The number of benzene rings is 1. The summed E-state index contributed by atoms with van der Waals surface area (Å²) in [6.07, 6.45) is 5.35. The fourth-order valence-corrected chi connectivity index (χ4v) is 4.48. The Morgan fingerprint density at radius 3 is 2.85 bits per heavy atom. The first-order chi connectivity index (χ1) is 13.1. The molecule has 2 aliphatic heterocycles. The molecule has 1 fully saturated rings. The Balaban J connectivity index is 1.69. The van der Waals surface area contributed by atoms with Gasteiger partial charge in [0.25, 0.3) is 5.91 Å². The molecule has 4 rings (SSSR count). The molecule has 5 nitrogen and oxygen atoms in total. The van der Waals surface area contributed by atoms with Crippen LogP contribution in [0.1, 0.15) is 61.3 Å². The lowest BCUT2D eigenvalue weighted by molar-refractivity contribution is 0.0601. The second-order valence-corrected chi connectivity index (χ2v) is 7.80. The normalized spacial score (nSPS) is 22.0. The van der Waals surface area contributed by atoms with E-state index in [0.717, 1.165) is 43.6 Å². The summed E-state index contributed by atoms with van der Waals surface area (Å²) in [5.41, 5.74) is 3.82. The molecule has 0 bridgehead atoms. The number of piperidine rings is 1. The number of rotatable bonds is 3. The van der Waals surface area contributed by atoms with Crippen molar-refractivity contribution in [1.82, 2.24) is 14.9 Å². The number of para-hydroxylation sites is 1. The largest absolute Gasteiger partial charge is 0.334 e. The number of likely N-dealkylation sites (tertiary alicyclic amines) is 1. The monoisotopic (exact) mass is 364 g/mol. The molecule has 2 atom stereocenters. The van der Waals surface area contributed by atoms with Gasteiger partial charge in [-0.3, -0.25) is 4.79 Å². The van der Waals surface area contributed by atoms with Gasteiger partial charge in [0.15, 0.2) is 0 Å². The van der Waals surface area contributed by atoms with E-state index in [-0.39, 0.29) is 11.9 Å². The number of aryl methyl sites for hydroxylation is 1. The average molecular weight is 364 g/mol. The molecule has 0 spiro atoms. The Kier molecular flexibility index (Phi) is 4.85. The SMILES string of the molecule is CCC1CCCCN1C(=O)c1cc(C)nc(N2c3ccccc3CC2C)n1. The number of aromatic nitrogens is 2. The summed E-state index contributed by atoms with van der Waals surface area (Å²) in [5.74, 6) is 0.689. The second-order valence-electron chi connectivity index (χ2n) is 7.80. The van der Waals surface area contributed by atoms with Crippen molar-refractivity contribution in [3.8, 4) is 0 Å². The van der Waals surface area contributed by atoms with E-state index in [2.05, 4.69) is 41.9 Å². The van der Waals surface area contributed by atoms with Crippen LogP contribution in [0, 0.1) is 6.92 Å². The zero-order valence-corrected chi connectivity index (χ0v) is 16.5. The summed E-state index contributed by atoms with van der Waals surface area (Å²) in [5, 5.41) is 0. The minimum atomic E-state index is 0.0495. The number of carbonyl (C=O) groups excluding carboxylic acids is 1. The molecular weight excluding hydrogens is 336 g/mol. The van der Waals surface area contributed by atoms with Crippen LogP contribution < -0.4 is 4.90 Å². The zero-order chi connectivity index (χ0) is 19.0. The molecule has 1 saturated heterocycles. The molecule has 0 aliphatic carbocycles. The second kappa shape index (κ2) is 7.29. The molecule has 1 aromatic heterocycles. The third-order valence-corrected chi connectivity index (χ3v) is 5.84. The lowest BCUT2D eigenvalue weighted by Crippen LogP contribution is -2.43. The predicted octanol–water partition coefficient (Wildman–Crippen LogP) is 4.27. The number of carbonyl (C=O) groups is 1. The summed E-state index contributed by atoms with van der Waals surface area (Å²) in [7, 11) is 0. The van der Waals surface area contributed by atoms with E-state index in [4.69, 9.17) is 4.98 Å². The molecule has 1 aromatic carbocycles. The van der Waals surface area contributed by atoms with Crippen LogP contribution in [0.3, 0.4) is 0 Å². The molecule has 2 unspecified atom stereocenters. The molecule has 1 amide bonds. The third kappa shape index (κ3) is 3.31. The third-order valence-electron chi connectivity index (χ3n) is 5.84. The van der Waals surface area contributed by atoms with Crippen LogP contribution >= 0.6 is 0 Å². The zero-order valence-electron chi connectivity index (χ0n) is 16.5. The molecule has 0 saturated carbocycles. The van der Waals surface area contributed by atoms with Crippen molar-refractivity contribution in [2.45, 2.75) is 65.0 Å². The summed E-state index contributed by atoms with van der Waals surface area (Å²) >= 11 is 0. The van der Waals surface area contributed by atoms with E-state index in [1.807, 2.05) is 24.0 Å². The smallest absolute Gasteiger partial charge is 0.272 e. The standard InChI is InChI=1S/C22H28N4O/c1-4-18-10-7-8-12-25(18)21(27)19-13-15(2)23-22(24-19)26-16(3)14-17-9-5-6-11-20(17)26/h5-6,9,11,13,16,18H,4,7-8,10,12,14H2,1-3H3. The molecular formula is C22H28N4O.